The minimum atomic E-state index is -0.208. The van der Waals surface area contributed by atoms with Gasteiger partial charge in [-0.25, -0.2) is 4.98 Å². The molecule has 0 radical (unpaired) electrons. The molecule has 1 N–H and O–H groups in total. The highest BCUT2D eigenvalue weighted by atomic mass is 35.5. The van der Waals surface area contributed by atoms with Gasteiger partial charge in [0.05, 0.1) is 22.8 Å². The molecule has 1 aliphatic heterocycles. The third-order valence-electron chi connectivity index (χ3n) is 4.45. The maximum absolute atomic E-state index is 12.8. The van der Waals surface area contributed by atoms with Gasteiger partial charge in [0, 0.05) is 17.8 Å². The maximum atomic E-state index is 12.8. The van der Waals surface area contributed by atoms with Crippen molar-refractivity contribution in [3.05, 3.63) is 82.0 Å². The maximum Gasteiger partial charge on any atom is 0.255 e. The molecule has 2 aromatic carbocycles. The van der Waals surface area contributed by atoms with Crippen LogP contribution < -0.4 is 15.0 Å². The molecular weight excluding hydrogens is 397 g/mol. The van der Waals surface area contributed by atoms with Crippen LogP contribution in [0.1, 0.15) is 15.9 Å². The lowest BCUT2D eigenvalue weighted by Crippen LogP contribution is -2.31. The normalized spacial score (nSPS) is 12.9. The lowest BCUT2D eigenvalue weighted by atomic mass is 10.1. The zero-order chi connectivity index (χ0) is 19.5. The summed E-state index contributed by atoms with van der Waals surface area (Å²) in [7, 11) is 0. The van der Waals surface area contributed by atoms with Crippen LogP contribution in [0.3, 0.4) is 0 Å². The number of nitrogens with one attached hydrogen (secondary N) is 1. The first-order valence-corrected chi connectivity index (χ1v) is 9.55. The van der Waals surface area contributed by atoms with Gasteiger partial charge in [0.1, 0.15) is 6.61 Å². The summed E-state index contributed by atoms with van der Waals surface area (Å²) in [6.45, 7) is 1.43. The molecule has 0 aliphatic carbocycles. The van der Waals surface area contributed by atoms with E-state index in [9.17, 15) is 4.79 Å². The number of pyridine rings is 1. The number of para-hydroxylation sites is 1. The minimum absolute atomic E-state index is 0.208. The molecule has 4 rings (SSSR count). The largest absolute Gasteiger partial charge is 0.489 e. The van der Waals surface area contributed by atoms with E-state index in [0.29, 0.717) is 46.9 Å². The van der Waals surface area contributed by atoms with Gasteiger partial charge < -0.3 is 15.0 Å². The fraction of sp³-hybridized carbons (Fsp3) is 0.143. The second-order valence-corrected chi connectivity index (χ2v) is 7.12. The fourth-order valence-corrected chi connectivity index (χ4v) is 3.45. The van der Waals surface area contributed by atoms with E-state index in [4.69, 9.17) is 27.9 Å². The number of hydrogen-bond donors (Lipinski definition) is 1. The molecule has 0 unspecified atom stereocenters. The number of benzene rings is 2. The van der Waals surface area contributed by atoms with Crippen LogP contribution in [-0.2, 0) is 6.54 Å². The van der Waals surface area contributed by atoms with Crippen LogP contribution in [0.15, 0.2) is 60.8 Å². The van der Waals surface area contributed by atoms with Crippen molar-refractivity contribution in [2.75, 3.05) is 18.1 Å². The number of rotatable bonds is 4. The van der Waals surface area contributed by atoms with E-state index >= 15 is 0 Å². The van der Waals surface area contributed by atoms with Crippen molar-refractivity contribution in [3.8, 4) is 5.75 Å². The van der Waals surface area contributed by atoms with Gasteiger partial charge in [-0.3, -0.25) is 4.79 Å². The summed E-state index contributed by atoms with van der Waals surface area (Å²) in [5.41, 5.74) is 2.21. The highest BCUT2D eigenvalue weighted by Gasteiger charge is 2.26. The number of carbonyl (C=O) groups excluding carboxylic acids is 1. The number of ether oxygens (including phenoxy) is 1. The van der Waals surface area contributed by atoms with Gasteiger partial charge in [-0.1, -0.05) is 41.4 Å². The monoisotopic (exact) mass is 413 g/mol. The average molecular weight is 414 g/mol. The molecule has 0 fully saturated rings. The minimum Gasteiger partial charge on any atom is -0.489 e. The SMILES string of the molecule is O=C(NCc1ccc(Cl)cc1)c1cccc2c1OCCN2c1ncccc1Cl. The Bertz CT molecular complexity index is 1010. The lowest BCUT2D eigenvalue weighted by Gasteiger charge is -2.31. The van der Waals surface area contributed by atoms with Gasteiger partial charge in [-0.2, -0.15) is 0 Å². The molecule has 3 aromatic rings. The first-order valence-electron chi connectivity index (χ1n) is 8.80. The quantitative estimate of drug-likeness (QED) is 0.663. The summed E-state index contributed by atoms with van der Waals surface area (Å²) in [6.07, 6.45) is 1.69. The van der Waals surface area contributed by atoms with Gasteiger partial charge in [0.25, 0.3) is 5.91 Å². The van der Waals surface area contributed by atoms with E-state index < -0.39 is 0 Å². The van der Waals surface area contributed by atoms with Crippen LogP contribution in [0.5, 0.6) is 5.75 Å². The van der Waals surface area contributed by atoms with Crippen molar-refractivity contribution in [2.24, 2.45) is 0 Å². The van der Waals surface area contributed by atoms with Gasteiger partial charge in [0.2, 0.25) is 0 Å². The first-order chi connectivity index (χ1) is 13.6. The lowest BCUT2D eigenvalue weighted by molar-refractivity contribution is 0.0946. The van der Waals surface area contributed by atoms with Gasteiger partial charge >= 0.3 is 0 Å². The van der Waals surface area contributed by atoms with Gasteiger partial charge in [-0.15, -0.1) is 0 Å². The van der Waals surface area contributed by atoms with E-state index in [1.54, 1.807) is 36.5 Å². The summed E-state index contributed by atoms with van der Waals surface area (Å²) in [5.74, 6) is 0.970. The van der Waals surface area contributed by atoms with E-state index in [2.05, 4.69) is 10.3 Å². The Morgan fingerprint density at radius 1 is 1.11 bits per heavy atom. The Hall–Kier alpha value is -2.76. The molecular formula is C21H17Cl2N3O2. The number of hydrogen-bond acceptors (Lipinski definition) is 4. The summed E-state index contributed by atoms with van der Waals surface area (Å²) >= 11 is 12.2. The Balaban J connectivity index is 1.59. The Morgan fingerprint density at radius 3 is 2.71 bits per heavy atom. The second kappa shape index (κ2) is 8.09. The predicted octanol–water partition coefficient (Wildman–Crippen LogP) is 4.85. The first kappa shape index (κ1) is 18.6. The third-order valence-corrected chi connectivity index (χ3v) is 5.00. The molecule has 1 aromatic heterocycles. The average Bonchev–Trinajstić information content (AvgIpc) is 2.73. The van der Waals surface area contributed by atoms with Crippen molar-refractivity contribution < 1.29 is 9.53 Å². The van der Waals surface area contributed by atoms with Gasteiger partial charge in [0.15, 0.2) is 11.6 Å². The topological polar surface area (TPSA) is 54.5 Å². The summed E-state index contributed by atoms with van der Waals surface area (Å²) < 4.78 is 5.84. The number of amides is 1. The molecule has 28 heavy (non-hydrogen) atoms. The van der Waals surface area contributed by atoms with E-state index in [-0.39, 0.29) is 5.91 Å². The Morgan fingerprint density at radius 2 is 1.93 bits per heavy atom. The number of nitrogens with zero attached hydrogens (tertiary/aromatic N) is 2. The number of fused-ring (bicyclic) bond motifs is 1. The van der Waals surface area contributed by atoms with Crippen LogP contribution in [0.2, 0.25) is 10.0 Å². The fourth-order valence-electron chi connectivity index (χ4n) is 3.10. The Kier molecular flexibility index (Phi) is 5.37. The molecule has 2 heterocycles. The van der Waals surface area contributed by atoms with Crippen LogP contribution in [0.4, 0.5) is 11.5 Å². The van der Waals surface area contributed by atoms with Crippen molar-refractivity contribution in [2.45, 2.75) is 6.54 Å². The van der Waals surface area contributed by atoms with Crippen LogP contribution >= 0.6 is 23.2 Å². The van der Waals surface area contributed by atoms with E-state index in [1.165, 1.54) is 0 Å². The van der Waals surface area contributed by atoms with Crippen LogP contribution in [0.25, 0.3) is 0 Å². The zero-order valence-corrected chi connectivity index (χ0v) is 16.4. The van der Waals surface area contributed by atoms with Crippen LogP contribution in [0, 0.1) is 0 Å². The zero-order valence-electron chi connectivity index (χ0n) is 14.9. The number of anilines is 2. The van der Waals surface area contributed by atoms with Crippen molar-refractivity contribution in [1.82, 2.24) is 10.3 Å². The van der Waals surface area contributed by atoms with Gasteiger partial charge in [-0.05, 0) is 42.0 Å². The molecule has 0 atom stereocenters. The third kappa shape index (κ3) is 3.77. The highest BCUT2D eigenvalue weighted by molar-refractivity contribution is 6.33. The number of halogens is 2. The molecule has 7 heteroatoms. The van der Waals surface area contributed by atoms with Crippen molar-refractivity contribution in [1.29, 1.82) is 0 Å². The van der Waals surface area contributed by atoms with Crippen molar-refractivity contribution in [3.63, 3.8) is 0 Å². The summed E-state index contributed by atoms with van der Waals surface area (Å²) in [4.78, 5) is 19.1. The number of aromatic nitrogens is 1. The molecule has 0 bridgehead atoms. The molecule has 0 saturated carbocycles. The highest BCUT2D eigenvalue weighted by Crippen LogP contribution is 2.40. The van der Waals surface area contributed by atoms with Crippen LogP contribution in [-0.4, -0.2) is 24.0 Å². The second-order valence-electron chi connectivity index (χ2n) is 6.27. The standard InChI is InChI=1S/C21H17Cl2N3O2/c22-15-8-6-14(7-9-15)13-25-21(27)16-3-1-5-18-19(16)28-12-11-26(18)20-17(23)4-2-10-24-20/h1-10H,11-13H2,(H,25,27). The molecule has 142 valence electrons. The smallest absolute Gasteiger partial charge is 0.255 e. The summed E-state index contributed by atoms with van der Waals surface area (Å²) in [6, 6.07) is 16.4. The number of carbonyl (C=O) groups is 1. The molecule has 0 saturated heterocycles. The van der Waals surface area contributed by atoms with E-state index in [0.717, 1.165) is 11.3 Å². The van der Waals surface area contributed by atoms with Crippen molar-refractivity contribution >= 4 is 40.6 Å². The van der Waals surface area contributed by atoms with E-state index in [1.807, 2.05) is 29.2 Å². The Labute approximate surface area is 172 Å². The molecule has 0 spiro atoms. The summed E-state index contributed by atoms with van der Waals surface area (Å²) in [5, 5.41) is 4.14. The molecule has 1 aliphatic rings. The predicted molar refractivity (Wildman–Crippen MR) is 111 cm³/mol. The molecule has 5 nitrogen and oxygen atoms in total. The molecule has 1 amide bonds.